The van der Waals surface area contributed by atoms with Crippen molar-refractivity contribution in [3.05, 3.63) is 66.1 Å². The second kappa shape index (κ2) is 6.48. The van der Waals surface area contributed by atoms with Gasteiger partial charge in [0.15, 0.2) is 11.2 Å². The molecule has 4 rings (SSSR count). The van der Waals surface area contributed by atoms with Crippen LogP contribution in [0.15, 0.2) is 64.3 Å². The second-order valence-corrected chi connectivity index (χ2v) is 7.88. The number of pyridine rings is 2. The van der Waals surface area contributed by atoms with Crippen molar-refractivity contribution in [3.63, 3.8) is 0 Å². The Morgan fingerprint density at radius 2 is 1.81 bits per heavy atom. The molecule has 0 fully saturated rings. The van der Waals surface area contributed by atoms with Gasteiger partial charge in [0.05, 0.1) is 22.3 Å². The number of anilines is 1. The summed E-state index contributed by atoms with van der Waals surface area (Å²) in [5.41, 5.74) is 3.47. The highest BCUT2D eigenvalue weighted by molar-refractivity contribution is 7.92. The predicted molar refractivity (Wildman–Crippen MR) is 102 cm³/mol. The van der Waals surface area contributed by atoms with Gasteiger partial charge in [-0.15, -0.1) is 0 Å². The van der Waals surface area contributed by atoms with Crippen LogP contribution in [0.3, 0.4) is 0 Å². The zero-order chi connectivity index (χ0) is 19.0. The molecule has 0 saturated heterocycles. The molecule has 8 heteroatoms. The van der Waals surface area contributed by atoms with Crippen LogP contribution >= 0.6 is 0 Å². The maximum absolute atomic E-state index is 12.9. The normalized spacial score (nSPS) is 11.6. The summed E-state index contributed by atoms with van der Waals surface area (Å²) in [6.07, 6.45) is 4.59. The fourth-order valence-corrected chi connectivity index (χ4v) is 4.09. The highest BCUT2D eigenvalue weighted by atomic mass is 32.2. The third-order valence-electron chi connectivity index (χ3n) is 3.97. The van der Waals surface area contributed by atoms with Crippen molar-refractivity contribution >= 4 is 26.9 Å². The van der Waals surface area contributed by atoms with Gasteiger partial charge in [0.25, 0.3) is 10.0 Å². The molecule has 1 N–H and O–H groups in total. The molecular formula is C19H16N4O3S. The van der Waals surface area contributed by atoms with Gasteiger partial charge in [-0.2, -0.15) is 4.98 Å². The molecule has 3 heterocycles. The van der Waals surface area contributed by atoms with Crippen molar-refractivity contribution in [1.29, 1.82) is 0 Å². The molecule has 0 amide bonds. The Hall–Kier alpha value is -3.26. The van der Waals surface area contributed by atoms with E-state index in [9.17, 15) is 8.42 Å². The molecule has 7 nitrogen and oxygen atoms in total. The molecule has 136 valence electrons. The van der Waals surface area contributed by atoms with Crippen LogP contribution in [0.5, 0.6) is 0 Å². The fraction of sp³-hybridized carbons (Fsp3) is 0.105. The van der Waals surface area contributed by atoms with Crippen LogP contribution in [0.4, 0.5) is 5.69 Å². The molecular weight excluding hydrogens is 364 g/mol. The van der Waals surface area contributed by atoms with Crippen LogP contribution in [0.2, 0.25) is 0 Å². The van der Waals surface area contributed by atoms with E-state index in [1.165, 1.54) is 6.20 Å². The van der Waals surface area contributed by atoms with Gasteiger partial charge < -0.3 is 4.42 Å². The van der Waals surface area contributed by atoms with E-state index >= 15 is 0 Å². The standard InChI is InChI=1S/C19H16N4O3S/c1-12-8-13(2)10-14(9-12)27(24,25)23-16-11-20-7-5-15(16)19-22-18-17(26-19)4-3-6-21-18/h3-11,23H,1-2H3. The number of aromatic nitrogens is 3. The van der Waals surface area contributed by atoms with Crippen LogP contribution in [-0.4, -0.2) is 23.4 Å². The smallest absolute Gasteiger partial charge is 0.261 e. The van der Waals surface area contributed by atoms with Crippen LogP contribution in [0, 0.1) is 13.8 Å². The topological polar surface area (TPSA) is 98.0 Å². The molecule has 0 unspecified atom stereocenters. The summed E-state index contributed by atoms with van der Waals surface area (Å²) >= 11 is 0. The number of hydrogen-bond donors (Lipinski definition) is 1. The van der Waals surface area contributed by atoms with Gasteiger partial charge in [0.1, 0.15) is 0 Å². The van der Waals surface area contributed by atoms with E-state index in [2.05, 4.69) is 19.7 Å². The van der Waals surface area contributed by atoms with Crippen LogP contribution in [-0.2, 0) is 10.0 Å². The third kappa shape index (κ3) is 3.39. The molecule has 3 aromatic heterocycles. The Morgan fingerprint density at radius 3 is 2.56 bits per heavy atom. The molecule has 0 aliphatic carbocycles. The average molecular weight is 380 g/mol. The summed E-state index contributed by atoms with van der Waals surface area (Å²) in [6, 6.07) is 10.3. The molecule has 0 aliphatic heterocycles. The number of benzene rings is 1. The number of fused-ring (bicyclic) bond motifs is 1. The first kappa shape index (κ1) is 17.2. The van der Waals surface area contributed by atoms with Crippen molar-refractivity contribution in [2.45, 2.75) is 18.7 Å². The van der Waals surface area contributed by atoms with Crippen LogP contribution in [0.25, 0.3) is 22.7 Å². The summed E-state index contributed by atoms with van der Waals surface area (Å²) < 4.78 is 34.0. The lowest BCUT2D eigenvalue weighted by Crippen LogP contribution is -2.14. The van der Waals surface area contributed by atoms with E-state index in [-0.39, 0.29) is 16.5 Å². The van der Waals surface area contributed by atoms with E-state index in [0.717, 1.165) is 11.1 Å². The number of nitrogens with one attached hydrogen (secondary N) is 1. The fourth-order valence-electron chi connectivity index (χ4n) is 2.84. The summed E-state index contributed by atoms with van der Waals surface area (Å²) in [7, 11) is -3.79. The van der Waals surface area contributed by atoms with Gasteiger partial charge in [-0.25, -0.2) is 13.4 Å². The highest BCUT2D eigenvalue weighted by Crippen LogP contribution is 2.30. The zero-order valence-corrected chi connectivity index (χ0v) is 15.5. The highest BCUT2D eigenvalue weighted by Gasteiger charge is 2.20. The zero-order valence-electron chi connectivity index (χ0n) is 14.7. The minimum atomic E-state index is -3.79. The molecule has 0 saturated carbocycles. The van der Waals surface area contributed by atoms with Crippen LogP contribution in [0.1, 0.15) is 11.1 Å². The minimum absolute atomic E-state index is 0.189. The predicted octanol–water partition coefficient (Wildman–Crippen LogP) is 3.70. The van der Waals surface area contributed by atoms with Gasteiger partial charge in [-0.05, 0) is 55.3 Å². The van der Waals surface area contributed by atoms with Gasteiger partial charge in [0.2, 0.25) is 5.89 Å². The summed E-state index contributed by atoms with van der Waals surface area (Å²) in [5.74, 6) is 0.268. The molecule has 0 atom stereocenters. The third-order valence-corrected chi connectivity index (χ3v) is 5.31. The van der Waals surface area contributed by atoms with Crippen molar-refractivity contribution in [1.82, 2.24) is 15.0 Å². The Labute approximate surface area is 156 Å². The summed E-state index contributed by atoms with van der Waals surface area (Å²) in [5, 5.41) is 0. The van der Waals surface area contributed by atoms with Crippen molar-refractivity contribution in [2.75, 3.05) is 4.72 Å². The number of nitrogens with zero attached hydrogens (tertiary/aromatic N) is 3. The number of sulfonamides is 1. The van der Waals surface area contributed by atoms with Gasteiger partial charge in [-0.3, -0.25) is 9.71 Å². The Kier molecular flexibility index (Phi) is 4.12. The number of oxazole rings is 1. The average Bonchev–Trinajstić information content (AvgIpc) is 3.05. The van der Waals surface area contributed by atoms with E-state index < -0.39 is 10.0 Å². The Balaban J connectivity index is 1.77. The minimum Gasteiger partial charge on any atom is -0.434 e. The lowest BCUT2D eigenvalue weighted by atomic mass is 10.2. The SMILES string of the molecule is Cc1cc(C)cc(S(=O)(=O)Nc2cnccc2-c2nc3ncccc3o2)c1. The summed E-state index contributed by atoms with van der Waals surface area (Å²) in [6.45, 7) is 3.71. The first-order chi connectivity index (χ1) is 12.9. The van der Waals surface area contributed by atoms with Crippen molar-refractivity contribution in [3.8, 4) is 11.5 Å². The first-order valence-corrected chi connectivity index (χ1v) is 9.68. The van der Waals surface area contributed by atoms with E-state index in [4.69, 9.17) is 4.42 Å². The van der Waals surface area contributed by atoms with Crippen LogP contribution < -0.4 is 4.72 Å². The molecule has 0 spiro atoms. The largest absolute Gasteiger partial charge is 0.434 e. The first-order valence-electron chi connectivity index (χ1n) is 8.19. The van der Waals surface area contributed by atoms with Gasteiger partial charge in [0, 0.05) is 12.4 Å². The number of rotatable bonds is 4. The van der Waals surface area contributed by atoms with Crippen molar-refractivity contribution < 1.29 is 12.8 Å². The Morgan fingerprint density at radius 1 is 1.04 bits per heavy atom. The molecule has 27 heavy (non-hydrogen) atoms. The molecule has 4 aromatic rings. The molecule has 0 radical (unpaired) electrons. The lowest BCUT2D eigenvalue weighted by Gasteiger charge is -2.11. The molecule has 0 bridgehead atoms. The summed E-state index contributed by atoms with van der Waals surface area (Å²) in [4.78, 5) is 12.7. The number of hydrogen-bond acceptors (Lipinski definition) is 6. The van der Waals surface area contributed by atoms with E-state index in [1.54, 1.807) is 42.7 Å². The van der Waals surface area contributed by atoms with Gasteiger partial charge in [-0.1, -0.05) is 6.07 Å². The monoisotopic (exact) mass is 380 g/mol. The van der Waals surface area contributed by atoms with E-state index in [0.29, 0.717) is 16.8 Å². The maximum atomic E-state index is 12.9. The quantitative estimate of drug-likeness (QED) is 0.580. The van der Waals surface area contributed by atoms with E-state index in [1.807, 2.05) is 19.9 Å². The molecule has 0 aliphatic rings. The Bertz CT molecular complexity index is 1200. The maximum Gasteiger partial charge on any atom is 0.261 e. The second-order valence-electron chi connectivity index (χ2n) is 6.19. The van der Waals surface area contributed by atoms with Crippen molar-refractivity contribution in [2.24, 2.45) is 0 Å². The number of aryl methyl sites for hydroxylation is 2. The lowest BCUT2D eigenvalue weighted by molar-refractivity contribution is 0.601. The molecule has 1 aromatic carbocycles. The van der Waals surface area contributed by atoms with Gasteiger partial charge >= 0.3 is 0 Å².